The predicted octanol–water partition coefficient (Wildman–Crippen LogP) is 2.92. The van der Waals surface area contributed by atoms with Gasteiger partial charge in [-0.15, -0.1) is 0 Å². The zero-order valence-electron chi connectivity index (χ0n) is 7.59. The lowest BCUT2D eigenvalue weighted by atomic mass is 10.0. The largest absolute Gasteiger partial charge is 0.464 e. The average Bonchev–Trinajstić information content (AvgIpc) is 2.53. The minimum atomic E-state index is 0.717. The average molecular weight is 171 g/mol. The van der Waals surface area contributed by atoms with Gasteiger partial charge in [-0.3, -0.25) is 0 Å². The van der Waals surface area contributed by atoms with E-state index in [0.29, 0.717) is 5.56 Å². The molecule has 13 heavy (non-hydrogen) atoms. The Morgan fingerprint density at radius 1 is 1.31 bits per heavy atom. The molecule has 0 spiro atoms. The van der Waals surface area contributed by atoms with Crippen LogP contribution in [0.3, 0.4) is 0 Å². The van der Waals surface area contributed by atoms with Gasteiger partial charge in [-0.25, -0.2) is 0 Å². The predicted molar refractivity (Wildman–Crippen MR) is 50.4 cm³/mol. The summed E-state index contributed by atoms with van der Waals surface area (Å²) in [6.45, 7) is 3.93. The smallest absolute Gasteiger partial charge is 0.138 e. The van der Waals surface area contributed by atoms with Crippen molar-refractivity contribution in [2.75, 3.05) is 0 Å². The van der Waals surface area contributed by atoms with Gasteiger partial charge in [0, 0.05) is 5.39 Å². The maximum absolute atomic E-state index is 8.93. The van der Waals surface area contributed by atoms with Crippen LogP contribution in [0.2, 0.25) is 0 Å². The minimum absolute atomic E-state index is 0.717. The number of aryl methyl sites for hydroxylation is 2. The molecule has 0 atom stereocenters. The monoisotopic (exact) mass is 171 g/mol. The highest BCUT2D eigenvalue weighted by atomic mass is 16.3. The quantitative estimate of drug-likeness (QED) is 0.611. The Morgan fingerprint density at radius 2 is 2.08 bits per heavy atom. The summed E-state index contributed by atoms with van der Waals surface area (Å²) in [7, 11) is 0. The standard InChI is InChI=1S/C11H9NO/c1-7-5-8(2)11-9(3-4-13-11)10(7)6-12/h3-5H,1-2H3. The topological polar surface area (TPSA) is 36.9 Å². The molecule has 2 heteroatoms. The summed E-state index contributed by atoms with van der Waals surface area (Å²) in [5.41, 5.74) is 3.63. The lowest BCUT2D eigenvalue weighted by molar-refractivity contribution is 0.613. The van der Waals surface area contributed by atoms with Gasteiger partial charge < -0.3 is 4.42 Å². The fourth-order valence-electron chi connectivity index (χ4n) is 1.63. The molecule has 0 aliphatic carbocycles. The van der Waals surface area contributed by atoms with E-state index in [2.05, 4.69) is 6.07 Å². The summed E-state index contributed by atoms with van der Waals surface area (Å²) in [4.78, 5) is 0. The molecule has 0 bridgehead atoms. The molecule has 0 saturated carbocycles. The van der Waals surface area contributed by atoms with E-state index in [0.717, 1.165) is 22.1 Å². The normalized spacial score (nSPS) is 10.2. The second-order valence-corrected chi connectivity index (χ2v) is 3.16. The van der Waals surface area contributed by atoms with E-state index in [1.54, 1.807) is 6.26 Å². The highest BCUT2D eigenvalue weighted by Crippen LogP contribution is 2.25. The molecule has 1 aromatic heterocycles. The van der Waals surface area contributed by atoms with Gasteiger partial charge in [-0.2, -0.15) is 5.26 Å². The number of furan rings is 1. The highest BCUT2D eigenvalue weighted by molar-refractivity contribution is 5.87. The third-order valence-corrected chi connectivity index (χ3v) is 2.23. The first-order chi connectivity index (χ1) is 6.24. The second-order valence-electron chi connectivity index (χ2n) is 3.16. The Kier molecular flexibility index (Phi) is 1.60. The Balaban J connectivity index is 2.99. The van der Waals surface area contributed by atoms with Crippen LogP contribution in [-0.2, 0) is 0 Å². The Hall–Kier alpha value is -1.75. The Labute approximate surface area is 76.4 Å². The molecule has 2 nitrogen and oxygen atoms in total. The van der Waals surface area contributed by atoms with E-state index in [1.807, 2.05) is 26.0 Å². The molecule has 0 aliphatic rings. The highest BCUT2D eigenvalue weighted by Gasteiger charge is 2.08. The van der Waals surface area contributed by atoms with Crippen molar-refractivity contribution in [2.24, 2.45) is 0 Å². The second kappa shape index (κ2) is 2.63. The van der Waals surface area contributed by atoms with Crippen molar-refractivity contribution in [3.8, 4) is 6.07 Å². The summed E-state index contributed by atoms with van der Waals surface area (Å²) < 4.78 is 5.30. The number of rotatable bonds is 0. The molecule has 2 aromatic rings. The molecule has 0 saturated heterocycles. The molecule has 0 N–H and O–H groups in total. The van der Waals surface area contributed by atoms with Gasteiger partial charge in [0.2, 0.25) is 0 Å². The zero-order valence-corrected chi connectivity index (χ0v) is 7.59. The first-order valence-electron chi connectivity index (χ1n) is 4.11. The SMILES string of the molecule is Cc1cc(C)c2occc2c1C#N. The molecule has 0 unspecified atom stereocenters. The van der Waals surface area contributed by atoms with Gasteiger partial charge in [0.15, 0.2) is 0 Å². The van der Waals surface area contributed by atoms with Crippen LogP contribution < -0.4 is 0 Å². The molecule has 64 valence electrons. The molecule has 1 aromatic carbocycles. The third-order valence-electron chi connectivity index (χ3n) is 2.23. The maximum atomic E-state index is 8.93. The van der Waals surface area contributed by atoms with Crippen LogP contribution >= 0.6 is 0 Å². The van der Waals surface area contributed by atoms with Gasteiger partial charge in [-0.1, -0.05) is 6.07 Å². The van der Waals surface area contributed by atoms with E-state index in [-0.39, 0.29) is 0 Å². The fourth-order valence-corrected chi connectivity index (χ4v) is 1.63. The lowest BCUT2D eigenvalue weighted by Gasteiger charge is -2.00. The fraction of sp³-hybridized carbons (Fsp3) is 0.182. The van der Waals surface area contributed by atoms with Gasteiger partial charge in [0.05, 0.1) is 11.8 Å². The van der Waals surface area contributed by atoms with E-state index >= 15 is 0 Å². The van der Waals surface area contributed by atoms with Crippen molar-refractivity contribution >= 4 is 11.0 Å². The van der Waals surface area contributed by atoms with Crippen LogP contribution in [0.1, 0.15) is 16.7 Å². The van der Waals surface area contributed by atoms with Crippen LogP contribution in [0.15, 0.2) is 22.8 Å². The first kappa shape index (κ1) is 7.88. The van der Waals surface area contributed by atoms with Gasteiger partial charge >= 0.3 is 0 Å². The zero-order chi connectivity index (χ0) is 9.42. The van der Waals surface area contributed by atoms with E-state index in [1.165, 1.54) is 0 Å². The van der Waals surface area contributed by atoms with Crippen molar-refractivity contribution in [3.63, 3.8) is 0 Å². The molecular weight excluding hydrogens is 162 g/mol. The lowest BCUT2D eigenvalue weighted by Crippen LogP contribution is -1.85. The van der Waals surface area contributed by atoms with Gasteiger partial charge in [0.25, 0.3) is 0 Å². The van der Waals surface area contributed by atoms with E-state index < -0.39 is 0 Å². The number of nitrogens with zero attached hydrogens (tertiary/aromatic N) is 1. The maximum Gasteiger partial charge on any atom is 0.138 e. The van der Waals surface area contributed by atoms with Gasteiger partial charge in [-0.05, 0) is 31.0 Å². The Bertz CT molecular complexity index is 503. The molecule has 2 rings (SSSR count). The van der Waals surface area contributed by atoms with Crippen LogP contribution in [0.4, 0.5) is 0 Å². The van der Waals surface area contributed by atoms with Gasteiger partial charge in [0.1, 0.15) is 11.7 Å². The molecule has 0 radical (unpaired) electrons. The summed E-state index contributed by atoms with van der Waals surface area (Å²) in [5, 5.41) is 9.85. The van der Waals surface area contributed by atoms with E-state index in [9.17, 15) is 0 Å². The first-order valence-corrected chi connectivity index (χ1v) is 4.11. The molecule has 0 aliphatic heterocycles. The molecule has 0 amide bonds. The number of hydrogen-bond acceptors (Lipinski definition) is 2. The molecule has 0 fully saturated rings. The van der Waals surface area contributed by atoms with E-state index in [4.69, 9.17) is 9.68 Å². The summed E-state index contributed by atoms with van der Waals surface area (Å²) in [6, 6.07) is 6.01. The number of hydrogen-bond donors (Lipinski definition) is 0. The van der Waals surface area contributed by atoms with Crippen molar-refractivity contribution in [1.29, 1.82) is 5.26 Å². The minimum Gasteiger partial charge on any atom is -0.464 e. The van der Waals surface area contributed by atoms with Crippen LogP contribution in [0.5, 0.6) is 0 Å². The summed E-state index contributed by atoms with van der Waals surface area (Å²) in [5.74, 6) is 0. The number of fused-ring (bicyclic) bond motifs is 1. The van der Waals surface area contributed by atoms with Crippen molar-refractivity contribution in [1.82, 2.24) is 0 Å². The van der Waals surface area contributed by atoms with Crippen molar-refractivity contribution < 1.29 is 4.42 Å². The van der Waals surface area contributed by atoms with Crippen molar-refractivity contribution in [2.45, 2.75) is 13.8 Å². The van der Waals surface area contributed by atoms with Crippen LogP contribution in [0, 0.1) is 25.2 Å². The number of nitriles is 1. The Morgan fingerprint density at radius 3 is 2.77 bits per heavy atom. The summed E-state index contributed by atoms with van der Waals surface area (Å²) in [6.07, 6.45) is 1.62. The van der Waals surface area contributed by atoms with Crippen LogP contribution in [0.25, 0.3) is 11.0 Å². The van der Waals surface area contributed by atoms with Crippen LogP contribution in [-0.4, -0.2) is 0 Å². The molecule has 1 heterocycles. The number of benzene rings is 1. The molecular formula is C11H9NO. The third kappa shape index (κ3) is 1.01. The summed E-state index contributed by atoms with van der Waals surface area (Å²) >= 11 is 0. The van der Waals surface area contributed by atoms with Crippen molar-refractivity contribution in [3.05, 3.63) is 35.1 Å².